The molecule has 1 fully saturated rings. The van der Waals surface area contributed by atoms with Gasteiger partial charge in [0.05, 0.1) is 30.1 Å². The van der Waals surface area contributed by atoms with E-state index in [2.05, 4.69) is 5.32 Å². The number of hydrogen-bond donors (Lipinski definition) is 1. The summed E-state index contributed by atoms with van der Waals surface area (Å²) >= 11 is 0. The van der Waals surface area contributed by atoms with Gasteiger partial charge in [0.25, 0.3) is 11.6 Å². The summed E-state index contributed by atoms with van der Waals surface area (Å²) in [6.45, 7) is 0.325. The molecule has 1 aromatic carbocycles. The zero-order valence-corrected chi connectivity index (χ0v) is 14.9. The molecule has 27 heavy (non-hydrogen) atoms. The molecule has 0 atom stereocenters. The second-order valence-corrected chi connectivity index (χ2v) is 6.61. The summed E-state index contributed by atoms with van der Waals surface area (Å²) in [5.74, 6) is -0.609. The molecule has 0 saturated heterocycles. The Morgan fingerprint density at radius 2 is 1.78 bits per heavy atom. The first kappa shape index (κ1) is 18.9. The minimum absolute atomic E-state index is 0.0250. The molecule has 1 aliphatic heterocycles. The fourth-order valence-corrected chi connectivity index (χ4v) is 3.23. The molecule has 0 bridgehead atoms. The number of carbonyl (C=O) groups is 2. The molecule has 3 rings (SSSR count). The predicted octanol–water partition coefficient (Wildman–Crippen LogP) is 2.82. The summed E-state index contributed by atoms with van der Waals surface area (Å²) in [7, 11) is 0. The third kappa shape index (κ3) is 4.87. The van der Waals surface area contributed by atoms with Crippen LogP contribution in [0.25, 0.3) is 0 Å². The second-order valence-electron chi connectivity index (χ2n) is 6.61. The van der Waals surface area contributed by atoms with E-state index < -0.39 is 23.4 Å². The first-order chi connectivity index (χ1) is 13.0. The topological polar surface area (TPSA) is 117 Å². The van der Waals surface area contributed by atoms with E-state index in [-0.39, 0.29) is 23.0 Å². The van der Waals surface area contributed by atoms with Gasteiger partial charge in [-0.3, -0.25) is 19.7 Å². The van der Waals surface area contributed by atoms with Crippen LogP contribution in [-0.2, 0) is 14.3 Å². The molecule has 0 unspecified atom stereocenters. The molecule has 1 aliphatic carbocycles. The normalized spacial score (nSPS) is 16.9. The molecule has 1 amide bonds. The number of nitro benzene ring substituents is 1. The average molecular weight is 378 g/mol. The summed E-state index contributed by atoms with van der Waals surface area (Å²) in [5.41, 5.74) is -0.339. The van der Waals surface area contributed by atoms with E-state index in [0.717, 1.165) is 32.1 Å². The van der Waals surface area contributed by atoms with Gasteiger partial charge < -0.3 is 19.5 Å². The van der Waals surface area contributed by atoms with Crippen molar-refractivity contribution in [1.29, 1.82) is 0 Å². The van der Waals surface area contributed by atoms with Crippen LogP contribution in [0.2, 0.25) is 0 Å². The number of benzene rings is 1. The molecule has 1 N–H and O–H groups in total. The zero-order valence-electron chi connectivity index (χ0n) is 14.9. The van der Waals surface area contributed by atoms with Crippen molar-refractivity contribution in [3.8, 4) is 11.5 Å². The molecule has 2 aliphatic rings. The fraction of sp³-hybridized carbons (Fsp3) is 0.556. The van der Waals surface area contributed by atoms with Crippen LogP contribution < -0.4 is 14.8 Å². The molecule has 0 aromatic heterocycles. The average Bonchev–Trinajstić information content (AvgIpc) is 2.91. The van der Waals surface area contributed by atoms with Gasteiger partial charge in [-0.25, -0.2) is 0 Å². The van der Waals surface area contributed by atoms with Gasteiger partial charge >= 0.3 is 5.97 Å². The number of hydrogen-bond acceptors (Lipinski definition) is 7. The van der Waals surface area contributed by atoms with Crippen LogP contribution in [-0.4, -0.2) is 36.6 Å². The van der Waals surface area contributed by atoms with Crippen molar-refractivity contribution in [2.75, 3.05) is 25.1 Å². The molecule has 0 spiro atoms. The highest BCUT2D eigenvalue weighted by Crippen LogP contribution is 2.39. The van der Waals surface area contributed by atoms with Gasteiger partial charge in [0, 0.05) is 12.5 Å². The van der Waals surface area contributed by atoms with Crippen LogP contribution >= 0.6 is 0 Å². The van der Waals surface area contributed by atoms with Crippen molar-refractivity contribution in [1.82, 2.24) is 0 Å². The number of carbonyl (C=O) groups excluding carboxylic acids is 2. The number of amides is 1. The summed E-state index contributed by atoms with van der Waals surface area (Å²) < 4.78 is 16.0. The van der Waals surface area contributed by atoms with Crippen molar-refractivity contribution in [3.05, 3.63) is 22.2 Å². The predicted molar refractivity (Wildman–Crippen MR) is 94.9 cm³/mol. The van der Waals surface area contributed by atoms with Gasteiger partial charge in [-0.15, -0.1) is 0 Å². The Balaban J connectivity index is 1.64. The largest absolute Gasteiger partial charge is 0.489 e. The number of anilines is 1. The maximum absolute atomic E-state index is 12.1. The molecule has 1 saturated carbocycles. The Labute approximate surface area is 156 Å². The molecular weight excluding hydrogens is 356 g/mol. The quantitative estimate of drug-likeness (QED) is 0.475. The Morgan fingerprint density at radius 3 is 2.44 bits per heavy atom. The van der Waals surface area contributed by atoms with E-state index in [4.69, 9.17) is 14.2 Å². The summed E-state index contributed by atoms with van der Waals surface area (Å²) in [6.07, 6.45) is 5.27. The lowest BCUT2D eigenvalue weighted by molar-refractivity contribution is -0.384. The zero-order chi connectivity index (χ0) is 19.2. The van der Waals surface area contributed by atoms with Crippen LogP contribution in [0.4, 0.5) is 11.4 Å². The van der Waals surface area contributed by atoms with Gasteiger partial charge in [-0.2, -0.15) is 0 Å². The van der Waals surface area contributed by atoms with Crippen LogP contribution in [0.15, 0.2) is 12.1 Å². The summed E-state index contributed by atoms with van der Waals surface area (Å²) in [6, 6.07) is 2.59. The first-order valence-corrected chi connectivity index (χ1v) is 9.09. The lowest BCUT2D eigenvalue weighted by Crippen LogP contribution is -2.26. The number of nitro groups is 1. The van der Waals surface area contributed by atoms with E-state index in [0.29, 0.717) is 25.4 Å². The molecule has 9 heteroatoms. The maximum Gasteiger partial charge on any atom is 0.309 e. The molecule has 0 radical (unpaired) electrons. The lowest BCUT2D eigenvalue weighted by atomic mass is 9.89. The van der Waals surface area contributed by atoms with Gasteiger partial charge in [-0.1, -0.05) is 19.3 Å². The highest BCUT2D eigenvalue weighted by atomic mass is 16.6. The molecule has 9 nitrogen and oxygen atoms in total. The monoisotopic (exact) mass is 378 g/mol. The highest BCUT2D eigenvalue weighted by Gasteiger charge is 2.25. The van der Waals surface area contributed by atoms with Crippen LogP contribution in [0, 0.1) is 16.0 Å². The SMILES string of the molecule is O=C(COC(=O)C1CCCCC1)Nc1cc2c(cc1[N+](=O)[O-])OCCCO2. The Hall–Kier alpha value is -2.84. The number of fused-ring (bicyclic) bond motifs is 1. The van der Waals surface area contributed by atoms with E-state index in [1.165, 1.54) is 12.1 Å². The molecular formula is C18H22N2O7. The van der Waals surface area contributed by atoms with E-state index in [1.807, 2.05) is 0 Å². The summed E-state index contributed by atoms with van der Waals surface area (Å²) in [4.78, 5) is 34.8. The number of rotatable bonds is 5. The van der Waals surface area contributed by atoms with E-state index in [1.54, 1.807) is 0 Å². The third-order valence-corrected chi connectivity index (χ3v) is 4.62. The van der Waals surface area contributed by atoms with E-state index in [9.17, 15) is 19.7 Å². The number of nitrogens with zero attached hydrogens (tertiary/aromatic N) is 1. The van der Waals surface area contributed by atoms with Crippen molar-refractivity contribution in [2.45, 2.75) is 38.5 Å². The highest BCUT2D eigenvalue weighted by molar-refractivity contribution is 5.95. The smallest absolute Gasteiger partial charge is 0.309 e. The van der Waals surface area contributed by atoms with Crippen molar-refractivity contribution in [2.24, 2.45) is 5.92 Å². The van der Waals surface area contributed by atoms with Crippen molar-refractivity contribution >= 4 is 23.3 Å². The standard InChI is InChI=1S/C18H22N2O7/c21-17(11-27-18(22)12-5-2-1-3-6-12)19-13-9-15-16(10-14(13)20(23)24)26-8-4-7-25-15/h9-10,12H,1-8,11H2,(H,19,21). The minimum atomic E-state index is -0.642. The maximum atomic E-state index is 12.1. The molecule has 1 heterocycles. The molecule has 1 aromatic rings. The van der Waals surface area contributed by atoms with Crippen LogP contribution in [0.5, 0.6) is 11.5 Å². The number of esters is 1. The van der Waals surface area contributed by atoms with Crippen molar-refractivity contribution < 1.29 is 28.7 Å². The van der Waals surface area contributed by atoms with E-state index >= 15 is 0 Å². The number of nitrogens with one attached hydrogen (secondary N) is 1. The van der Waals surface area contributed by atoms with Gasteiger partial charge in [0.1, 0.15) is 5.69 Å². The Bertz CT molecular complexity index is 729. The molecule has 146 valence electrons. The van der Waals surface area contributed by atoms with Crippen molar-refractivity contribution in [3.63, 3.8) is 0 Å². The minimum Gasteiger partial charge on any atom is -0.489 e. The van der Waals surface area contributed by atoms with Crippen LogP contribution in [0.1, 0.15) is 38.5 Å². The third-order valence-electron chi connectivity index (χ3n) is 4.62. The second kappa shape index (κ2) is 8.70. The first-order valence-electron chi connectivity index (χ1n) is 9.09. The Morgan fingerprint density at radius 1 is 1.11 bits per heavy atom. The van der Waals surface area contributed by atoms with Gasteiger partial charge in [0.2, 0.25) is 0 Å². The lowest BCUT2D eigenvalue weighted by Gasteiger charge is -2.19. The van der Waals surface area contributed by atoms with Crippen LogP contribution in [0.3, 0.4) is 0 Å². The number of ether oxygens (including phenoxy) is 3. The van der Waals surface area contributed by atoms with Gasteiger partial charge in [0.15, 0.2) is 18.1 Å². The summed E-state index contributed by atoms with van der Waals surface area (Å²) in [5, 5.41) is 13.7. The Kier molecular flexibility index (Phi) is 6.10. The van der Waals surface area contributed by atoms with Gasteiger partial charge in [-0.05, 0) is 12.8 Å². The fourth-order valence-electron chi connectivity index (χ4n) is 3.23.